The first-order valence-corrected chi connectivity index (χ1v) is 7.80. The molecule has 0 aliphatic heterocycles. The maximum Gasteiger partial charge on any atom is 0.269 e. The molecule has 0 spiro atoms. The molecular formula is C18H17N3O3S. The zero-order valence-electron chi connectivity index (χ0n) is 13.4. The molecule has 0 bridgehead atoms. The van der Waals surface area contributed by atoms with Crippen LogP contribution < -0.4 is 16.2 Å². The monoisotopic (exact) mass is 355 g/mol. The Kier molecular flexibility index (Phi) is 6.25. The summed E-state index contributed by atoms with van der Waals surface area (Å²) in [6.07, 6.45) is 3.01. The van der Waals surface area contributed by atoms with Crippen LogP contribution in [0.1, 0.15) is 21.5 Å². The average Bonchev–Trinajstić information content (AvgIpc) is 2.60. The van der Waals surface area contributed by atoms with Gasteiger partial charge in [-0.1, -0.05) is 29.8 Å². The van der Waals surface area contributed by atoms with Crippen molar-refractivity contribution in [2.24, 2.45) is 0 Å². The Hall–Kier alpha value is -3.19. The van der Waals surface area contributed by atoms with Gasteiger partial charge in [-0.3, -0.25) is 25.8 Å². The molecular weight excluding hydrogens is 338 g/mol. The summed E-state index contributed by atoms with van der Waals surface area (Å²) in [5, 5.41) is 11.6. The third-order valence-corrected chi connectivity index (χ3v) is 3.36. The summed E-state index contributed by atoms with van der Waals surface area (Å²) in [5.74, 6) is -0.809. The number of phenolic OH excluding ortho intramolecular Hbond substituents is 1. The van der Waals surface area contributed by atoms with Crippen LogP contribution in [0.4, 0.5) is 0 Å². The quantitative estimate of drug-likeness (QED) is 0.384. The normalized spacial score (nSPS) is 10.3. The van der Waals surface area contributed by atoms with Crippen LogP contribution in [-0.4, -0.2) is 22.0 Å². The van der Waals surface area contributed by atoms with Gasteiger partial charge in [0.25, 0.3) is 5.91 Å². The number of aromatic hydroxyl groups is 1. The van der Waals surface area contributed by atoms with Gasteiger partial charge >= 0.3 is 0 Å². The van der Waals surface area contributed by atoms with Gasteiger partial charge in [-0.05, 0) is 55.0 Å². The number of rotatable bonds is 3. The Morgan fingerprint density at radius 1 is 1.00 bits per heavy atom. The molecule has 6 nitrogen and oxygen atoms in total. The third-order valence-electron chi connectivity index (χ3n) is 3.16. The minimum Gasteiger partial charge on any atom is -0.508 e. The van der Waals surface area contributed by atoms with Crippen LogP contribution in [0.15, 0.2) is 54.6 Å². The molecule has 0 aliphatic rings. The van der Waals surface area contributed by atoms with E-state index in [2.05, 4.69) is 16.2 Å². The number of carbonyl (C=O) groups is 2. The van der Waals surface area contributed by atoms with Crippen LogP contribution in [0, 0.1) is 6.92 Å². The van der Waals surface area contributed by atoms with Crippen LogP contribution in [0.3, 0.4) is 0 Å². The zero-order chi connectivity index (χ0) is 18.2. The number of benzene rings is 2. The molecule has 7 heteroatoms. The van der Waals surface area contributed by atoms with E-state index < -0.39 is 11.8 Å². The summed E-state index contributed by atoms with van der Waals surface area (Å²) in [6, 6.07) is 13.4. The van der Waals surface area contributed by atoms with E-state index in [0.29, 0.717) is 5.56 Å². The van der Waals surface area contributed by atoms with Gasteiger partial charge in [-0.15, -0.1) is 0 Å². The molecule has 2 aromatic rings. The van der Waals surface area contributed by atoms with Crippen molar-refractivity contribution in [2.75, 3.05) is 0 Å². The number of carbonyl (C=O) groups excluding carboxylic acids is 2. The Balaban J connectivity index is 1.79. The van der Waals surface area contributed by atoms with E-state index in [-0.39, 0.29) is 10.9 Å². The average molecular weight is 355 g/mol. The summed E-state index contributed by atoms with van der Waals surface area (Å²) in [7, 11) is 0. The molecule has 2 amide bonds. The first kappa shape index (κ1) is 18.2. The van der Waals surface area contributed by atoms with Gasteiger partial charge in [0.15, 0.2) is 5.11 Å². The van der Waals surface area contributed by atoms with Crippen LogP contribution in [-0.2, 0) is 4.79 Å². The largest absolute Gasteiger partial charge is 0.508 e. The lowest BCUT2D eigenvalue weighted by Crippen LogP contribution is -2.48. The SMILES string of the molecule is Cc1ccc(/C=C/C(=O)NC(=S)NNC(=O)c2ccc(O)cc2)cc1. The minimum absolute atomic E-state index is 0.0364. The highest BCUT2D eigenvalue weighted by atomic mass is 32.1. The fourth-order valence-electron chi connectivity index (χ4n) is 1.83. The van der Waals surface area contributed by atoms with E-state index in [0.717, 1.165) is 11.1 Å². The Morgan fingerprint density at radius 2 is 1.64 bits per heavy atom. The number of thiocarbonyl (C=S) groups is 1. The van der Waals surface area contributed by atoms with Crippen molar-refractivity contribution in [3.63, 3.8) is 0 Å². The number of hydrogen-bond acceptors (Lipinski definition) is 4. The second-order valence-corrected chi connectivity index (χ2v) is 5.60. The van der Waals surface area contributed by atoms with Gasteiger partial charge in [0.05, 0.1) is 0 Å². The van der Waals surface area contributed by atoms with Crippen molar-refractivity contribution in [3.8, 4) is 5.75 Å². The van der Waals surface area contributed by atoms with Crippen molar-refractivity contribution in [1.29, 1.82) is 0 Å². The molecule has 0 unspecified atom stereocenters. The first-order chi connectivity index (χ1) is 11.9. The predicted molar refractivity (Wildman–Crippen MR) is 99.7 cm³/mol. The summed E-state index contributed by atoms with van der Waals surface area (Å²) in [5.41, 5.74) is 7.15. The molecule has 0 heterocycles. The van der Waals surface area contributed by atoms with Crippen molar-refractivity contribution < 1.29 is 14.7 Å². The maximum absolute atomic E-state index is 11.8. The van der Waals surface area contributed by atoms with Gasteiger partial charge in [0, 0.05) is 11.6 Å². The lowest BCUT2D eigenvalue weighted by atomic mass is 10.1. The molecule has 2 rings (SSSR count). The first-order valence-electron chi connectivity index (χ1n) is 7.39. The van der Waals surface area contributed by atoms with Crippen molar-refractivity contribution >= 4 is 35.2 Å². The van der Waals surface area contributed by atoms with Crippen LogP contribution >= 0.6 is 12.2 Å². The van der Waals surface area contributed by atoms with Crippen LogP contribution in [0.5, 0.6) is 5.75 Å². The third kappa shape index (κ3) is 6.08. The molecule has 0 aromatic heterocycles. The summed E-state index contributed by atoms with van der Waals surface area (Å²) in [4.78, 5) is 23.6. The van der Waals surface area contributed by atoms with Gasteiger partial charge in [0.2, 0.25) is 5.91 Å². The van der Waals surface area contributed by atoms with Gasteiger partial charge in [-0.2, -0.15) is 0 Å². The second kappa shape index (κ2) is 8.60. The molecule has 0 fully saturated rings. The number of aryl methyl sites for hydroxylation is 1. The lowest BCUT2D eigenvalue weighted by molar-refractivity contribution is -0.115. The lowest BCUT2D eigenvalue weighted by Gasteiger charge is -2.09. The number of hydrogen-bond donors (Lipinski definition) is 4. The maximum atomic E-state index is 11.8. The predicted octanol–water partition coefficient (Wildman–Crippen LogP) is 2.05. The fourth-order valence-corrected chi connectivity index (χ4v) is 1.98. The molecule has 0 saturated heterocycles. The molecule has 2 aromatic carbocycles. The summed E-state index contributed by atoms with van der Waals surface area (Å²) in [6.45, 7) is 1.98. The van der Waals surface area contributed by atoms with E-state index in [4.69, 9.17) is 12.2 Å². The van der Waals surface area contributed by atoms with Gasteiger partial charge in [-0.25, -0.2) is 0 Å². The van der Waals surface area contributed by atoms with Crippen molar-refractivity contribution in [1.82, 2.24) is 16.2 Å². The standard InChI is InChI=1S/C18H17N3O3S/c1-12-2-4-13(5-3-12)6-11-16(23)19-18(25)21-20-17(24)14-7-9-15(22)10-8-14/h2-11,22H,1H3,(H,20,24)(H2,19,21,23,25)/b11-6+. The summed E-state index contributed by atoms with van der Waals surface area (Å²) >= 11 is 4.94. The van der Waals surface area contributed by atoms with Crippen LogP contribution in [0.25, 0.3) is 6.08 Å². The van der Waals surface area contributed by atoms with Crippen LogP contribution in [0.2, 0.25) is 0 Å². The van der Waals surface area contributed by atoms with E-state index in [1.807, 2.05) is 31.2 Å². The Bertz CT molecular complexity index is 799. The fraction of sp³-hybridized carbons (Fsp3) is 0.0556. The molecule has 4 N–H and O–H groups in total. The number of nitrogens with one attached hydrogen (secondary N) is 3. The van der Waals surface area contributed by atoms with Gasteiger partial charge < -0.3 is 5.11 Å². The Morgan fingerprint density at radius 3 is 2.28 bits per heavy atom. The smallest absolute Gasteiger partial charge is 0.269 e. The molecule has 0 atom stereocenters. The molecule has 128 valence electrons. The zero-order valence-corrected chi connectivity index (χ0v) is 14.3. The molecule has 25 heavy (non-hydrogen) atoms. The minimum atomic E-state index is -0.452. The molecule has 0 saturated carbocycles. The van der Waals surface area contributed by atoms with Crippen molar-refractivity contribution in [3.05, 3.63) is 71.3 Å². The van der Waals surface area contributed by atoms with E-state index in [9.17, 15) is 14.7 Å². The highest BCUT2D eigenvalue weighted by Crippen LogP contribution is 2.09. The highest BCUT2D eigenvalue weighted by Gasteiger charge is 2.06. The summed E-state index contributed by atoms with van der Waals surface area (Å²) < 4.78 is 0. The molecule has 0 radical (unpaired) electrons. The highest BCUT2D eigenvalue weighted by molar-refractivity contribution is 7.80. The van der Waals surface area contributed by atoms with E-state index in [1.54, 1.807) is 6.08 Å². The Labute approximate surface area is 150 Å². The van der Waals surface area contributed by atoms with E-state index >= 15 is 0 Å². The number of phenols is 1. The van der Waals surface area contributed by atoms with E-state index in [1.165, 1.54) is 30.3 Å². The van der Waals surface area contributed by atoms with Gasteiger partial charge in [0.1, 0.15) is 5.75 Å². The topological polar surface area (TPSA) is 90.5 Å². The molecule has 0 aliphatic carbocycles. The second-order valence-electron chi connectivity index (χ2n) is 5.19. The number of hydrazine groups is 1. The number of amides is 2. The van der Waals surface area contributed by atoms with Crippen molar-refractivity contribution in [2.45, 2.75) is 6.92 Å².